The number of rotatable bonds is 2. The van der Waals surface area contributed by atoms with Gasteiger partial charge in [0.25, 0.3) is 0 Å². The summed E-state index contributed by atoms with van der Waals surface area (Å²) in [6.07, 6.45) is 3.25. The van der Waals surface area contributed by atoms with Crippen LogP contribution >= 0.6 is 0 Å². The summed E-state index contributed by atoms with van der Waals surface area (Å²) in [5.74, 6) is 0.771. The van der Waals surface area contributed by atoms with Gasteiger partial charge >= 0.3 is 51.4 Å². The molecule has 0 amide bonds. The average molecular weight is 190 g/mol. The normalized spacial score (nSPS) is 6.83. The topological polar surface area (TPSA) is 24.9 Å². The zero-order valence-electron chi connectivity index (χ0n) is 7.96. The second kappa shape index (κ2) is 11.3. The van der Waals surface area contributed by atoms with Gasteiger partial charge in [-0.05, 0) is 6.20 Å². The van der Waals surface area contributed by atoms with Gasteiger partial charge in [0.1, 0.15) is 0 Å². The van der Waals surface area contributed by atoms with Crippen LogP contribution in [0.4, 0.5) is 5.82 Å². The second-order valence-corrected chi connectivity index (χ2v) is 1.49. The number of hydrogen-bond donors (Lipinski definition) is 1. The average Bonchev–Trinajstić information content (AvgIpc) is 2.11. The number of nitrogens with zero attached hydrogens (tertiary/aromatic N) is 1. The van der Waals surface area contributed by atoms with Crippen LogP contribution in [0.1, 0.15) is 15.3 Å². The molecular weight excluding hydrogens is 175 g/mol. The minimum absolute atomic E-state index is 0. The summed E-state index contributed by atoms with van der Waals surface area (Å²) in [5.41, 5.74) is 0. The molecule has 1 rings (SSSR count). The van der Waals surface area contributed by atoms with Crippen LogP contribution in [-0.2, 0) is 0 Å². The Balaban J connectivity index is -0.000000234. The van der Waals surface area contributed by atoms with E-state index in [0.717, 1.165) is 5.82 Å². The molecule has 0 unspecified atom stereocenters. The quantitative estimate of drug-likeness (QED) is 0.512. The first-order valence-corrected chi connectivity index (χ1v) is 3.63. The van der Waals surface area contributed by atoms with Gasteiger partial charge < -0.3 is 10.3 Å². The summed E-state index contributed by atoms with van der Waals surface area (Å²) in [7, 11) is 0. The van der Waals surface area contributed by atoms with E-state index in [1.54, 1.807) is 24.5 Å². The molecule has 0 aliphatic carbocycles. The third kappa shape index (κ3) is 7.00. The Morgan fingerprint density at radius 2 is 2.33 bits per heavy atom. The largest absolute Gasteiger partial charge is 1.00 e. The molecule has 2 nitrogen and oxygen atoms in total. The van der Waals surface area contributed by atoms with E-state index < -0.39 is 0 Å². The van der Waals surface area contributed by atoms with Gasteiger partial charge in [0.05, 0.1) is 0 Å². The summed E-state index contributed by atoms with van der Waals surface area (Å²) in [6, 6.07) is 6.37. The van der Waals surface area contributed by atoms with Crippen molar-refractivity contribution in [3.63, 3.8) is 0 Å². The number of aromatic nitrogens is 1. The van der Waals surface area contributed by atoms with Gasteiger partial charge in [-0.2, -0.15) is 12.1 Å². The molecule has 0 bridgehead atoms. The Hall–Kier alpha value is 0.326. The van der Waals surface area contributed by atoms with Crippen LogP contribution in [-0.4, -0.2) is 4.98 Å². The van der Waals surface area contributed by atoms with Crippen molar-refractivity contribution in [2.75, 3.05) is 5.32 Å². The summed E-state index contributed by atoms with van der Waals surface area (Å²) < 4.78 is 0. The Morgan fingerprint density at radius 3 is 2.75 bits per heavy atom. The Morgan fingerprint density at radius 1 is 1.67 bits per heavy atom. The van der Waals surface area contributed by atoms with Gasteiger partial charge in [0.2, 0.25) is 0 Å². The van der Waals surface area contributed by atoms with E-state index in [-0.39, 0.29) is 52.8 Å². The Labute approximate surface area is 118 Å². The first kappa shape index (κ1) is 14.8. The van der Waals surface area contributed by atoms with Crippen LogP contribution in [0, 0.1) is 6.07 Å². The Bertz CT molecular complexity index is 192. The van der Waals surface area contributed by atoms with Gasteiger partial charge in [-0.25, -0.2) is 0 Å². The van der Waals surface area contributed by atoms with Crippen molar-refractivity contribution in [1.82, 2.24) is 4.98 Å². The molecule has 0 aliphatic heterocycles. The predicted octanol–water partition coefficient (Wildman–Crippen LogP) is -0.287. The first-order valence-electron chi connectivity index (χ1n) is 3.63. The van der Waals surface area contributed by atoms with Crippen molar-refractivity contribution >= 4 is 5.82 Å². The van der Waals surface area contributed by atoms with Crippen LogP contribution in [0.2, 0.25) is 0 Å². The van der Waals surface area contributed by atoms with Gasteiger partial charge in [0, 0.05) is 7.24 Å². The molecule has 0 fully saturated rings. The van der Waals surface area contributed by atoms with Crippen molar-refractivity contribution in [3.05, 3.63) is 37.2 Å². The predicted molar refractivity (Wildman–Crippen MR) is 50.4 cm³/mol. The second-order valence-electron chi connectivity index (χ2n) is 1.49. The van der Waals surface area contributed by atoms with E-state index in [0.29, 0.717) is 0 Å². The van der Waals surface area contributed by atoms with Crippen molar-refractivity contribution in [3.8, 4) is 0 Å². The summed E-state index contributed by atoms with van der Waals surface area (Å²) >= 11 is 0. The molecular formula is C9H15KN2. The van der Waals surface area contributed by atoms with Crippen LogP contribution in [0.3, 0.4) is 0 Å². The zero-order valence-corrected chi connectivity index (χ0v) is 11.1. The maximum atomic E-state index is 3.95. The minimum atomic E-state index is 0. The molecule has 0 saturated heterocycles. The van der Waals surface area contributed by atoms with E-state index >= 15 is 0 Å². The zero-order chi connectivity index (χ0) is 8.53. The molecule has 0 atom stereocenters. The molecule has 62 valence electrons. The number of hydrogen-bond acceptors (Lipinski definition) is 2. The molecule has 1 aromatic heterocycles. The van der Waals surface area contributed by atoms with Crippen molar-refractivity contribution in [2.24, 2.45) is 0 Å². The van der Waals surface area contributed by atoms with Crippen molar-refractivity contribution in [1.29, 1.82) is 0 Å². The molecule has 0 aliphatic rings. The minimum Gasteiger partial charge on any atom is -0.400 e. The van der Waals surface area contributed by atoms with E-state index in [2.05, 4.69) is 22.9 Å². The fourth-order valence-electron chi connectivity index (χ4n) is 0.508. The monoisotopic (exact) mass is 190 g/mol. The van der Waals surface area contributed by atoms with Crippen molar-refractivity contribution < 1.29 is 52.8 Å². The third-order valence-corrected chi connectivity index (χ3v) is 0.854. The molecule has 1 heterocycles. The standard InChI is InChI=1S/C7H7N2.C2H6.K.H2/c1-2-8-7-5-3-4-6-9-7;1-2;;/h2,4-6H,1H2,(H,8,9);1-2H3;;1H/q-1;;+1;. The fourth-order valence-corrected chi connectivity index (χ4v) is 0.508. The summed E-state index contributed by atoms with van der Waals surface area (Å²) in [5, 5.41) is 2.83. The van der Waals surface area contributed by atoms with Crippen molar-refractivity contribution in [2.45, 2.75) is 13.8 Å². The van der Waals surface area contributed by atoms with Crippen LogP contribution < -0.4 is 56.7 Å². The van der Waals surface area contributed by atoms with E-state index in [4.69, 9.17) is 0 Å². The molecule has 1 aromatic rings. The van der Waals surface area contributed by atoms with Crippen LogP contribution in [0.15, 0.2) is 31.1 Å². The number of pyridine rings is 1. The summed E-state index contributed by atoms with van der Waals surface area (Å²) in [4.78, 5) is 3.95. The van der Waals surface area contributed by atoms with Crippen LogP contribution in [0.25, 0.3) is 0 Å². The van der Waals surface area contributed by atoms with Gasteiger partial charge in [0.15, 0.2) is 0 Å². The molecule has 0 saturated carbocycles. The molecule has 3 heteroatoms. The maximum absolute atomic E-state index is 3.95. The van der Waals surface area contributed by atoms with Gasteiger partial charge in [-0.1, -0.05) is 26.6 Å². The molecule has 12 heavy (non-hydrogen) atoms. The Kier molecular flexibility index (Phi) is 14.0. The van der Waals surface area contributed by atoms with Crippen LogP contribution in [0.5, 0.6) is 0 Å². The van der Waals surface area contributed by atoms with E-state index in [1.807, 2.05) is 13.8 Å². The molecule has 0 radical (unpaired) electrons. The van der Waals surface area contributed by atoms with E-state index in [9.17, 15) is 0 Å². The number of anilines is 1. The summed E-state index contributed by atoms with van der Waals surface area (Å²) in [6.45, 7) is 7.49. The smallest absolute Gasteiger partial charge is 0.400 e. The van der Waals surface area contributed by atoms with Gasteiger partial charge in [-0.3, -0.25) is 0 Å². The molecule has 0 spiro atoms. The molecule has 1 N–H and O–H groups in total. The van der Waals surface area contributed by atoms with E-state index in [1.165, 1.54) is 0 Å². The maximum Gasteiger partial charge on any atom is 1.00 e. The first-order chi connectivity index (χ1) is 5.43. The fraction of sp³-hybridized carbons (Fsp3) is 0.222. The van der Waals surface area contributed by atoms with Gasteiger partial charge in [-0.15, -0.1) is 6.07 Å². The molecule has 0 aromatic carbocycles. The number of nitrogens with one attached hydrogen (secondary N) is 1. The third-order valence-electron chi connectivity index (χ3n) is 0.854. The SMILES string of the molecule is C=CNc1c[c-]ccn1.CC.[HH].[K+].